The van der Waals surface area contributed by atoms with Gasteiger partial charge in [-0.25, -0.2) is 0 Å². The molecule has 0 radical (unpaired) electrons. The zero-order valence-corrected chi connectivity index (χ0v) is 9.19. The third-order valence-electron chi connectivity index (χ3n) is 3.19. The van der Waals surface area contributed by atoms with Crippen LogP contribution in [0.15, 0.2) is 0 Å². The zero-order valence-electron chi connectivity index (χ0n) is 9.19. The topological polar surface area (TPSA) is 34.0 Å². The van der Waals surface area contributed by atoms with E-state index in [9.17, 15) is 0 Å². The van der Waals surface area contributed by atoms with Gasteiger partial charge in [0.2, 0.25) is 0 Å². The molecule has 2 heterocycles. The van der Waals surface area contributed by atoms with E-state index in [2.05, 4.69) is 26.6 Å². The van der Waals surface area contributed by atoms with Crippen molar-refractivity contribution in [1.82, 2.24) is 19.7 Å². The molecule has 0 aliphatic carbocycles. The fraction of sp³-hybridized carbons (Fsp3) is 0.800. The average Bonchev–Trinajstić information content (AvgIpc) is 2.77. The molecule has 0 amide bonds. The van der Waals surface area contributed by atoms with Crippen molar-refractivity contribution in [3.63, 3.8) is 0 Å². The van der Waals surface area contributed by atoms with E-state index in [0.29, 0.717) is 6.04 Å². The van der Waals surface area contributed by atoms with Gasteiger partial charge in [-0.05, 0) is 39.8 Å². The van der Waals surface area contributed by atoms with E-state index in [1.54, 1.807) is 0 Å². The third kappa shape index (κ3) is 1.54. The van der Waals surface area contributed by atoms with Gasteiger partial charge in [0.1, 0.15) is 11.6 Å². The van der Waals surface area contributed by atoms with Crippen LogP contribution < -0.4 is 0 Å². The highest BCUT2D eigenvalue weighted by Gasteiger charge is 2.23. The lowest BCUT2D eigenvalue weighted by Gasteiger charge is -2.22. The minimum atomic E-state index is 0.406. The van der Waals surface area contributed by atoms with Crippen molar-refractivity contribution >= 4 is 0 Å². The largest absolute Gasteiger partial charge is 0.317 e. The Labute approximate surface area is 84.9 Å². The Hall–Kier alpha value is -0.900. The van der Waals surface area contributed by atoms with Crippen molar-refractivity contribution in [2.75, 3.05) is 13.1 Å². The molecule has 1 aromatic heterocycles. The fourth-order valence-corrected chi connectivity index (χ4v) is 2.08. The second-order valence-corrected chi connectivity index (χ2v) is 4.08. The van der Waals surface area contributed by atoms with Gasteiger partial charge in [-0.3, -0.25) is 4.90 Å². The number of likely N-dealkylation sites (tertiary alicyclic amines) is 1. The summed E-state index contributed by atoms with van der Waals surface area (Å²) in [7, 11) is 2.04. The minimum absolute atomic E-state index is 0.406. The summed E-state index contributed by atoms with van der Waals surface area (Å²) in [6, 6.07) is 0.406. The van der Waals surface area contributed by atoms with Gasteiger partial charge in [0, 0.05) is 7.05 Å². The molecule has 1 saturated heterocycles. The number of aryl methyl sites for hydroxylation is 1. The molecule has 2 rings (SSSR count). The van der Waals surface area contributed by atoms with Crippen LogP contribution in [0, 0.1) is 6.92 Å². The summed E-state index contributed by atoms with van der Waals surface area (Å²) in [6.07, 6.45) is 2.64. The van der Waals surface area contributed by atoms with Crippen molar-refractivity contribution in [2.24, 2.45) is 7.05 Å². The predicted molar refractivity (Wildman–Crippen MR) is 55.0 cm³/mol. The Morgan fingerprint density at radius 2 is 1.86 bits per heavy atom. The summed E-state index contributed by atoms with van der Waals surface area (Å²) >= 11 is 0. The Kier molecular flexibility index (Phi) is 2.54. The molecule has 1 aliphatic rings. The maximum atomic E-state index is 4.23. The smallest absolute Gasteiger partial charge is 0.149 e. The number of hydrogen-bond acceptors (Lipinski definition) is 3. The summed E-state index contributed by atoms with van der Waals surface area (Å²) < 4.78 is 2.09. The third-order valence-corrected chi connectivity index (χ3v) is 3.19. The van der Waals surface area contributed by atoms with E-state index in [1.807, 2.05) is 14.0 Å². The molecule has 1 fully saturated rings. The maximum absolute atomic E-state index is 4.23. The molecule has 1 aromatic rings. The SMILES string of the molecule is Cc1nnc(C(C)N2CCCC2)n1C. The Bertz CT molecular complexity index is 312. The normalized spacial score (nSPS) is 20.2. The quantitative estimate of drug-likeness (QED) is 0.711. The Morgan fingerprint density at radius 1 is 1.21 bits per heavy atom. The van der Waals surface area contributed by atoms with E-state index in [0.717, 1.165) is 11.6 Å². The Morgan fingerprint density at radius 3 is 2.36 bits per heavy atom. The molecule has 0 saturated carbocycles. The highest BCUT2D eigenvalue weighted by atomic mass is 15.3. The molecular formula is C10H18N4. The summed E-state index contributed by atoms with van der Waals surface area (Å²) in [5, 5.41) is 8.33. The highest BCUT2D eigenvalue weighted by Crippen LogP contribution is 2.22. The second kappa shape index (κ2) is 3.69. The van der Waals surface area contributed by atoms with Crippen LogP contribution in [0.4, 0.5) is 0 Å². The lowest BCUT2D eigenvalue weighted by molar-refractivity contribution is 0.249. The van der Waals surface area contributed by atoms with Gasteiger partial charge < -0.3 is 4.57 Å². The van der Waals surface area contributed by atoms with Crippen molar-refractivity contribution in [2.45, 2.75) is 32.7 Å². The van der Waals surface area contributed by atoms with Crippen LogP contribution in [0.5, 0.6) is 0 Å². The van der Waals surface area contributed by atoms with E-state index < -0.39 is 0 Å². The summed E-state index contributed by atoms with van der Waals surface area (Å²) in [6.45, 7) is 6.61. The van der Waals surface area contributed by atoms with E-state index in [-0.39, 0.29) is 0 Å². The number of rotatable bonds is 2. The number of hydrogen-bond donors (Lipinski definition) is 0. The molecule has 1 atom stereocenters. The van der Waals surface area contributed by atoms with Crippen LogP contribution in [0.2, 0.25) is 0 Å². The summed E-state index contributed by atoms with van der Waals surface area (Å²) in [5.74, 6) is 2.08. The first-order valence-corrected chi connectivity index (χ1v) is 5.30. The number of nitrogens with zero attached hydrogens (tertiary/aromatic N) is 4. The molecule has 4 heteroatoms. The maximum Gasteiger partial charge on any atom is 0.149 e. The van der Waals surface area contributed by atoms with Gasteiger partial charge in [-0.15, -0.1) is 10.2 Å². The van der Waals surface area contributed by atoms with Crippen LogP contribution in [0.3, 0.4) is 0 Å². The van der Waals surface area contributed by atoms with Crippen molar-refractivity contribution < 1.29 is 0 Å². The van der Waals surface area contributed by atoms with Gasteiger partial charge in [0.25, 0.3) is 0 Å². The molecular weight excluding hydrogens is 176 g/mol. The molecule has 0 spiro atoms. The van der Waals surface area contributed by atoms with Crippen LogP contribution in [-0.2, 0) is 7.05 Å². The summed E-state index contributed by atoms with van der Waals surface area (Å²) in [5.41, 5.74) is 0. The van der Waals surface area contributed by atoms with Gasteiger partial charge in [-0.1, -0.05) is 0 Å². The second-order valence-electron chi connectivity index (χ2n) is 4.08. The van der Waals surface area contributed by atoms with E-state index in [1.165, 1.54) is 25.9 Å². The number of aromatic nitrogens is 3. The lowest BCUT2D eigenvalue weighted by Crippen LogP contribution is -2.25. The lowest BCUT2D eigenvalue weighted by atomic mass is 10.3. The Balaban J connectivity index is 2.17. The van der Waals surface area contributed by atoms with E-state index >= 15 is 0 Å². The molecule has 0 aromatic carbocycles. The molecule has 14 heavy (non-hydrogen) atoms. The predicted octanol–water partition coefficient (Wildman–Crippen LogP) is 1.28. The summed E-state index contributed by atoms with van der Waals surface area (Å²) in [4.78, 5) is 2.48. The highest BCUT2D eigenvalue weighted by molar-refractivity contribution is 4.99. The van der Waals surface area contributed by atoms with Crippen LogP contribution >= 0.6 is 0 Å². The van der Waals surface area contributed by atoms with Crippen molar-refractivity contribution in [3.05, 3.63) is 11.6 Å². The van der Waals surface area contributed by atoms with E-state index in [4.69, 9.17) is 0 Å². The minimum Gasteiger partial charge on any atom is -0.317 e. The fourth-order valence-electron chi connectivity index (χ4n) is 2.08. The molecule has 0 N–H and O–H groups in total. The van der Waals surface area contributed by atoms with Crippen LogP contribution in [0.1, 0.15) is 37.5 Å². The molecule has 1 unspecified atom stereocenters. The first kappa shape index (κ1) is 9.65. The molecule has 78 valence electrons. The molecule has 1 aliphatic heterocycles. The van der Waals surface area contributed by atoms with Gasteiger partial charge in [-0.2, -0.15) is 0 Å². The van der Waals surface area contributed by atoms with Crippen LogP contribution in [-0.4, -0.2) is 32.8 Å². The van der Waals surface area contributed by atoms with Gasteiger partial charge >= 0.3 is 0 Å². The first-order valence-electron chi connectivity index (χ1n) is 5.30. The van der Waals surface area contributed by atoms with Crippen molar-refractivity contribution in [3.8, 4) is 0 Å². The van der Waals surface area contributed by atoms with Crippen molar-refractivity contribution in [1.29, 1.82) is 0 Å². The van der Waals surface area contributed by atoms with Crippen LogP contribution in [0.25, 0.3) is 0 Å². The zero-order chi connectivity index (χ0) is 10.1. The van der Waals surface area contributed by atoms with Gasteiger partial charge in [0.05, 0.1) is 6.04 Å². The first-order chi connectivity index (χ1) is 6.70. The van der Waals surface area contributed by atoms with Gasteiger partial charge in [0.15, 0.2) is 0 Å². The molecule has 4 nitrogen and oxygen atoms in total. The monoisotopic (exact) mass is 194 g/mol. The average molecular weight is 194 g/mol. The molecule has 0 bridgehead atoms. The standard InChI is InChI=1S/C10H18N4/c1-8(14-6-4-5-7-14)10-12-11-9(2)13(10)3/h8H,4-7H2,1-3H3.